The molecule has 0 spiro atoms. The minimum atomic E-state index is -2.88. The molecule has 3 nitrogen and oxygen atoms in total. The van der Waals surface area contributed by atoms with Gasteiger partial charge in [-0.3, -0.25) is 0 Å². The Hall–Kier alpha value is -0.390. The summed E-state index contributed by atoms with van der Waals surface area (Å²) < 4.78 is 23.3. The van der Waals surface area contributed by atoms with Crippen LogP contribution < -0.4 is 5.32 Å². The Labute approximate surface area is 108 Å². The summed E-state index contributed by atoms with van der Waals surface area (Å²) in [7, 11) is -2.88. The second kappa shape index (κ2) is 7.13. The summed E-state index contributed by atoms with van der Waals surface area (Å²) >= 11 is 1.68. The Balaban J connectivity index is 2.17. The van der Waals surface area contributed by atoms with Gasteiger partial charge in [0, 0.05) is 18.0 Å². The number of nitrogens with one attached hydrogen (secondary N) is 1. The quantitative estimate of drug-likeness (QED) is 0.741. The highest BCUT2D eigenvalue weighted by Crippen LogP contribution is 2.07. The van der Waals surface area contributed by atoms with Crippen LogP contribution in [0.2, 0.25) is 0 Å². The maximum atomic E-state index is 11.7. The van der Waals surface area contributed by atoms with Gasteiger partial charge in [-0.05, 0) is 23.8 Å². The van der Waals surface area contributed by atoms with Crippen molar-refractivity contribution in [3.8, 4) is 0 Å². The normalized spacial score (nSPS) is 12.2. The Morgan fingerprint density at radius 1 is 1.35 bits per heavy atom. The summed E-state index contributed by atoms with van der Waals surface area (Å²) in [5.41, 5.74) is 0. The van der Waals surface area contributed by atoms with E-state index in [0.29, 0.717) is 18.2 Å². The number of thiophene rings is 1. The Morgan fingerprint density at radius 3 is 2.71 bits per heavy atom. The van der Waals surface area contributed by atoms with Gasteiger partial charge in [-0.15, -0.1) is 11.3 Å². The lowest BCUT2D eigenvalue weighted by atomic mass is 10.2. The highest BCUT2D eigenvalue weighted by molar-refractivity contribution is 7.91. The van der Waals surface area contributed by atoms with Gasteiger partial charge in [0.1, 0.15) is 0 Å². The molecule has 98 valence electrons. The fraction of sp³-hybridized carbons (Fsp3) is 0.667. The van der Waals surface area contributed by atoms with Gasteiger partial charge in [0.2, 0.25) is 0 Å². The van der Waals surface area contributed by atoms with Crippen LogP contribution in [-0.4, -0.2) is 26.5 Å². The first kappa shape index (κ1) is 14.7. The predicted molar refractivity (Wildman–Crippen MR) is 74.1 cm³/mol. The second-order valence-electron chi connectivity index (χ2n) is 4.59. The summed E-state index contributed by atoms with van der Waals surface area (Å²) in [4.78, 5) is 1.24. The van der Waals surface area contributed by atoms with Gasteiger partial charge in [0.15, 0.2) is 9.84 Å². The molecule has 0 radical (unpaired) electrons. The number of hydrogen-bond acceptors (Lipinski definition) is 4. The van der Waals surface area contributed by atoms with Crippen LogP contribution in [-0.2, 0) is 16.4 Å². The van der Waals surface area contributed by atoms with E-state index in [1.807, 2.05) is 31.4 Å². The molecular formula is C12H21NO2S2. The highest BCUT2D eigenvalue weighted by Gasteiger charge is 2.10. The van der Waals surface area contributed by atoms with Crippen molar-refractivity contribution < 1.29 is 8.42 Å². The molecule has 0 fully saturated rings. The maximum Gasteiger partial charge on any atom is 0.151 e. The van der Waals surface area contributed by atoms with Crippen molar-refractivity contribution in [2.45, 2.75) is 26.8 Å². The lowest BCUT2D eigenvalue weighted by Crippen LogP contribution is -2.24. The average molecular weight is 275 g/mol. The van der Waals surface area contributed by atoms with Crippen molar-refractivity contribution in [3.05, 3.63) is 22.4 Å². The van der Waals surface area contributed by atoms with Crippen molar-refractivity contribution in [2.75, 3.05) is 18.1 Å². The standard InChI is InChI=1S/C12H21NO2S2/c1-11(2)5-8-17(14,15)9-6-13-10-12-4-3-7-16-12/h3-4,7,11,13H,5-6,8-10H2,1-2H3. The first-order valence-electron chi connectivity index (χ1n) is 5.93. The molecule has 5 heteroatoms. The SMILES string of the molecule is CC(C)CCS(=O)(=O)CCNCc1cccs1. The number of sulfone groups is 1. The lowest BCUT2D eigenvalue weighted by molar-refractivity contribution is 0.570. The fourth-order valence-electron chi connectivity index (χ4n) is 1.37. The van der Waals surface area contributed by atoms with Gasteiger partial charge >= 0.3 is 0 Å². The van der Waals surface area contributed by atoms with Crippen molar-refractivity contribution in [1.29, 1.82) is 0 Å². The van der Waals surface area contributed by atoms with Crippen molar-refractivity contribution in [2.24, 2.45) is 5.92 Å². The molecule has 1 aromatic heterocycles. The van der Waals surface area contributed by atoms with Gasteiger partial charge < -0.3 is 5.32 Å². The van der Waals surface area contributed by atoms with Gasteiger partial charge in [-0.1, -0.05) is 19.9 Å². The van der Waals surface area contributed by atoms with E-state index in [9.17, 15) is 8.42 Å². The van der Waals surface area contributed by atoms with Gasteiger partial charge in [-0.2, -0.15) is 0 Å². The first-order valence-corrected chi connectivity index (χ1v) is 8.63. The summed E-state index contributed by atoms with van der Waals surface area (Å²) in [5.74, 6) is 1.00. The van der Waals surface area contributed by atoms with E-state index in [-0.39, 0.29) is 5.75 Å². The number of hydrogen-bond donors (Lipinski definition) is 1. The van der Waals surface area contributed by atoms with Crippen LogP contribution in [0, 0.1) is 5.92 Å². The zero-order valence-electron chi connectivity index (χ0n) is 10.5. The smallest absolute Gasteiger partial charge is 0.151 e. The van der Waals surface area contributed by atoms with E-state index in [1.54, 1.807) is 11.3 Å². The van der Waals surface area contributed by atoms with Crippen LogP contribution >= 0.6 is 11.3 Å². The van der Waals surface area contributed by atoms with Gasteiger partial charge in [0.05, 0.1) is 11.5 Å². The largest absolute Gasteiger partial charge is 0.311 e. The maximum absolute atomic E-state index is 11.7. The molecule has 1 rings (SSSR count). The Kier molecular flexibility index (Phi) is 6.16. The van der Waals surface area contributed by atoms with Crippen molar-refractivity contribution in [1.82, 2.24) is 5.32 Å². The monoisotopic (exact) mass is 275 g/mol. The van der Waals surface area contributed by atoms with Crippen LogP contribution in [0.5, 0.6) is 0 Å². The molecule has 1 heterocycles. The zero-order chi connectivity index (χ0) is 12.7. The van der Waals surface area contributed by atoms with Gasteiger partial charge in [0.25, 0.3) is 0 Å². The van der Waals surface area contributed by atoms with E-state index < -0.39 is 9.84 Å². The van der Waals surface area contributed by atoms with Crippen LogP contribution in [0.3, 0.4) is 0 Å². The molecule has 0 aromatic carbocycles. The second-order valence-corrected chi connectivity index (χ2v) is 7.93. The third-order valence-corrected chi connectivity index (χ3v) is 5.04. The Morgan fingerprint density at radius 2 is 2.12 bits per heavy atom. The molecule has 1 N–H and O–H groups in total. The Bertz CT molecular complexity index is 396. The molecule has 0 saturated heterocycles. The highest BCUT2D eigenvalue weighted by atomic mass is 32.2. The molecule has 0 bridgehead atoms. The van der Waals surface area contributed by atoms with E-state index in [0.717, 1.165) is 13.0 Å². The molecule has 1 aromatic rings. The molecule has 0 aliphatic rings. The lowest BCUT2D eigenvalue weighted by Gasteiger charge is -2.07. The molecular weight excluding hydrogens is 254 g/mol. The molecule has 0 atom stereocenters. The topological polar surface area (TPSA) is 46.2 Å². The van der Waals surface area contributed by atoms with Crippen molar-refractivity contribution >= 4 is 21.2 Å². The molecule has 0 aliphatic heterocycles. The van der Waals surface area contributed by atoms with E-state index in [4.69, 9.17) is 0 Å². The minimum Gasteiger partial charge on any atom is -0.311 e. The van der Waals surface area contributed by atoms with Crippen LogP contribution in [0.25, 0.3) is 0 Å². The van der Waals surface area contributed by atoms with Gasteiger partial charge in [-0.25, -0.2) is 8.42 Å². The van der Waals surface area contributed by atoms with Crippen LogP contribution in [0.4, 0.5) is 0 Å². The predicted octanol–water partition coefficient (Wildman–Crippen LogP) is 2.30. The molecule has 0 amide bonds. The zero-order valence-corrected chi connectivity index (χ0v) is 12.1. The molecule has 0 unspecified atom stereocenters. The number of rotatable bonds is 8. The van der Waals surface area contributed by atoms with Crippen molar-refractivity contribution in [3.63, 3.8) is 0 Å². The average Bonchev–Trinajstić information content (AvgIpc) is 2.75. The van der Waals surface area contributed by atoms with Crippen LogP contribution in [0.1, 0.15) is 25.1 Å². The van der Waals surface area contributed by atoms with E-state index >= 15 is 0 Å². The fourth-order valence-corrected chi connectivity index (χ4v) is 3.53. The van der Waals surface area contributed by atoms with E-state index in [1.165, 1.54) is 4.88 Å². The third-order valence-electron chi connectivity index (χ3n) is 2.48. The van der Waals surface area contributed by atoms with E-state index in [2.05, 4.69) is 5.32 Å². The summed E-state index contributed by atoms with van der Waals surface area (Å²) in [5, 5.41) is 5.19. The van der Waals surface area contributed by atoms with Crippen LogP contribution in [0.15, 0.2) is 17.5 Å². The summed E-state index contributed by atoms with van der Waals surface area (Å²) in [6.45, 7) is 5.39. The summed E-state index contributed by atoms with van der Waals surface area (Å²) in [6, 6.07) is 4.05. The molecule has 0 saturated carbocycles. The molecule has 17 heavy (non-hydrogen) atoms. The third kappa shape index (κ3) is 6.81. The summed E-state index contributed by atoms with van der Waals surface area (Å²) in [6.07, 6.45) is 0.757. The minimum absolute atomic E-state index is 0.241. The molecule has 0 aliphatic carbocycles. The first-order chi connectivity index (χ1) is 7.99.